The third-order valence-electron chi connectivity index (χ3n) is 1.73. The molecular weight excluding hydrogens is 246 g/mol. The van der Waals surface area contributed by atoms with Crippen LogP contribution in [0.5, 0.6) is 0 Å². The number of Topliss-reactive ketones (excluding diaryl/α,β-unsaturated/α-hetero) is 1. The lowest BCUT2D eigenvalue weighted by Crippen LogP contribution is -2.03. The lowest BCUT2D eigenvalue weighted by molar-refractivity contribution is 0.0687. The molecule has 0 radical (unpaired) electrons. The van der Waals surface area contributed by atoms with Gasteiger partial charge in [-0.05, 0) is 5.25 Å². The summed E-state index contributed by atoms with van der Waals surface area (Å²) in [6.45, 7) is 5.48. The van der Waals surface area contributed by atoms with Crippen LogP contribution >= 0.6 is 23.1 Å². The fraction of sp³-hybridized carbons (Fsp3) is 0.500. The third-order valence-corrected chi connectivity index (χ3v) is 4.18. The standard InChI is InChI=1S/C10H13NO3S2/c1-5(2)15-4-7-11-8(10(13)14)9(16-7)6(3)12/h5H,4H2,1-3H3,(H,13,14). The topological polar surface area (TPSA) is 67.3 Å². The molecule has 0 fully saturated rings. The van der Waals surface area contributed by atoms with Crippen molar-refractivity contribution >= 4 is 34.9 Å². The predicted molar refractivity (Wildman–Crippen MR) is 65.5 cm³/mol. The predicted octanol–water partition coefficient (Wildman–Crippen LogP) is 2.69. The molecule has 0 spiro atoms. The molecule has 0 saturated carbocycles. The maximum absolute atomic E-state index is 11.2. The maximum Gasteiger partial charge on any atom is 0.356 e. The zero-order valence-corrected chi connectivity index (χ0v) is 10.9. The number of aromatic nitrogens is 1. The normalized spacial score (nSPS) is 10.8. The van der Waals surface area contributed by atoms with Gasteiger partial charge in [0.05, 0.1) is 0 Å². The Balaban J connectivity index is 2.93. The van der Waals surface area contributed by atoms with E-state index in [1.165, 1.54) is 18.3 Å². The van der Waals surface area contributed by atoms with E-state index in [0.29, 0.717) is 16.0 Å². The van der Waals surface area contributed by atoms with Crippen LogP contribution in [-0.2, 0) is 5.75 Å². The van der Waals surface area contributed by atoms with Gasteiger partial charge < -0.3 is 5.11 Å². The van der Waals surface area contributed by atoms with Gasteiger partial charge in [-0.1, -0.05) is 13.8 Å². The van der Waals surface area contributed by atoms with Crippen LogP contribution < -0.4 is 0 Å². The van der Waals surface area contributed by atoms with Crippen molar-refractivity contribution in [2.75, 3.05) is 0 Å². The van der Waals surface area contributed by atoms with E-state index in [2.05, 4.69) is 18.8 Å². The van der Waals surface area contributed by atoms with Gasteiger partial charge in [0.1, 0.15) is 9.88 Å². The molecule has 0 aromatic carbocycles. The quantitative estimate of drug-likeness (QED) is 0.823. The smallest absolute Gasteiger partial charge is 0.356 e. The number of hydrogen-bond donors (Lipinski definition) is 1. The van der Waals surface area contributed by atoms with Crippen LogP contribution in [0.1, 0.15) is 45.9 Å². The number of carboxylic acid groups (broad SMARTS) is 1. The molecule has 1 aromatic rings. The molecule has 4 nitrogen and oxygen atoms in total. The Bertz CT molecular complexity index is 381. The van der Waals surface area contributed by atoms with Gasteiger partial charge in [0, 0.05) is 12.7 Å². The van der Waals surface area contributed by atoms with Gasteiger partial charge in [-0.15, -0.1) is 11.3 Å². The SMILES string of the molecule is CC(=O)c1sc(CSC(C)C)nc1C(=O)O. The first kappa shape index (κ1) is 13.2. The lowest BCUT2D eigenvalue weighted by Gasteiger charge is -2.00. The molecule has 88 valence electrons. The first-order valence-electron chi connectivity index (χ1n) is 4.77. The van der Waals surface area contributed by atoms with Crippen molar-refractivity contribution in [1.82, 2.24) is 4.98 Å². The molecule has 0 aliphatic carbocycles. The van der Waals surface area contributed by atoms with Crippen molar-refractivity contribution in [2.24, 2.45) is 0 Å². The molecule has 1 rings (SSSR count). The minimum atomic E-state index is -1.14. The van der Waals surface area contributed by atoms with Crippen LogP contribution in [0, 0.1) is 0 Å². The molecule has 1 heterocycles. The monoisotopic (exact) mass is 259 g/mol. The van der Waals surface area contributed by atoms with Crippen LogP contribution in [-0.4, -0.2) is 27.1 Å². The number of thiazole rings is 1. The summed E-state index contributed by atoms with van der Waals surface area (Å²) in [5.74, 6) is -0.728. The highest BCUT2D eigenvalue weighted by Gasteiger charge is 2.20. The Morgan fingerprint density at radius 2 is 2.12 bits per heavy atom. The molecular formula is C10H13NO3S2. The number of carboxylic acids is 1. The van der Waals surface area contributed by atoms with Crippen LogP contribution in [0.25, 0.3) is 0 Å². The van der Waals surface area contributed by atoms with Crippen LogP contribution in [0.3, 0.4) is 0 Å². The number of nitrogens with zero attached hydrogens (tertiary/aromatic N) is 1. The van der Waals surface area contributed by atoms with E-state index in [4.69, 9.17) is 5.11 Å². The van der Waals surface area contributed by atoms with Gasteiger partial charge in [-0.25, -0.2) is 9.78 Å². The highest BCUT2D eigenvalue weighted by Crippen LogP contribution is 2.24. The summed E-state index contributed by atoms with van der Waals surface area (Å²) in [6, 6.07) is 0. The Morgan fingerprint density at radius 3 is 2.50 bits per heavy atom. The summed E-state index contributed by atoms with van der Waals surface area (Å²) < 4.78 is 0. The van der Waals surface area contributed by atoms with Gasteiger partial charge >= 0.3 is 5.97 Å². The van der Waals surface area contributed by atoms with Crippen LogP contribution in [0.15, 0.2) is 0 Å². The summed E-state index contributed by atoms with van der Waals surface area (Å²) in [6.07, 6.45) is 0. The van der Waals surface area contributed by atoms with E-state index < -0.39 is 5.97 Å². The Kier molecular flexibility index (Phi) is 4.49. The molecule has 0 amide bonds. The summed E-state index contributed by atoms with van der Waals surface area (Å²) in [4.78, 5) is 26.3. The molecule has 6 heteroatoms. The third kappa shape index (κ3) is 3.31. The van der Waals surface area contributed by atoms with Gasteiger partial charge in [0.15, 0.2) is 11.5 Å². The number of ketones is 1. The first-order valence-corrected chi connectivity index (χ1v) is 6.64. The highest BCUT2D eigenvalue weighted by atomic mass is 32.2. The van der Waals surface area contributed by atoms with Crippen molar-refractivity contribution in [2.45, 2.75) is 31.8 Å². The number of carbonyl (C=O) groups is 2. The fourth-order valence-corrected chi connectivity index (χ4v) is 2.77. The molecule has 0 saturated heterocycles. The van der Waals surface area contributed by atoms with E-state index in [1.807, 2.05) is 0 Å². The molecule has 0 bridgehead atoms. The van der Waals surface area contributed by atoms with E-state index in [-0.39, 0.29) is 16.4 Å². The Hall–Kier alpha value is -0.880. The first-order chi connectivity index (χ1) is 7.41. The molecule has 1 aromatic heterocycles. The summed E-state index contributed by atoms with van der Waals surface area (Å²) in [5, 5.41) is 10.0. The molecule has 0 atom stereocenters. The van der Waals surface area contributed by atoms with Crippen molar-refractivity contribution < 1.29 is 14.7 Å². The second kappa shape index (κ2) is 5.45. The van der Waals surface area contributed by atoms with Gasteiger partial charge in [-0.3, -0.25) is 4.79 Å². The number of thioether (sulfide) groups is 1. The van der Waals surface area contributed by atoms with E-state index in [1.54, 1.807) is 11.8 Å². The fourth-order valence-electron chi connectivity index (χ4n) is 1.05. The summed E-state index contributed by atoms with van der Waals surface area (Å²) >= 11 is 2.85. The van der Waals surface area contributed by atoms with Crippen molar-refractivity contribution in [1.29, 1.82) is 0 Å². The average molecular weight is 259 g/mol. The largest absolute Gasteiger partial charge is 0.476 e. The molecule has 0 unspecified atom stereocenters. The average Bonchev–Trinajstić information content (AvgIpc) is 2.58. The molecule has 1 N–H and O–H groups in total. The number of rotatable bonds is 5. The van der Waals surface area contributed by atoms with Crippen molar-refractivity contribution in [3.05, 3.63) is 15.6 Å². The lowest BCUT2D eigenvalue weighted by atomic mass is 10.3. The number of aromatic carboxylic acids is 1. The van der Waals surface area contributed by atoms with Crippen molar-refractivity contribution in [3.63, 3.8) is 0 Å². The second-order valence-corrected chi connectivity index (χ2v) is 6.15. The zero-order chi connectivity index (χ0) is 12.3. The van der Waals surface area contributed by atoms with Gasteiger partial charge in [-0.2, -0.15) is 11.8 Å². The van der Waals surface area contributed by atoms with Gasteiger partial charge in [0.25, 0.3) is 0 Å². The van der Waals surface area contributed by atoms with E-state index in [9.17, 15) is 9.59 Å². The van der Waals surface area contributed by atoms with Gasteiger partial charge in [0.2, 0.25) is 0 Å². The van der Waals surface area contributed by atoms with E-state index in [0.717, 1.165) is 0 Å². The van der Waals surface area contributed by atoms with Crippen LogP contribution in [0.4, 0.5) is 0 Å². The number of hydrogen-bond acceptors (Lipinski definition) is 5. The van der Waals surface area contributed by atoms with E-state index >= 15 is 0 Å². The summed E-state index contributed by atoms with van der Waals surface area (Å²) in [5.41, 5.74) is -0.114. The minimum absolute atomic E-state index is 0.114. The number of carbonyl (C=O) groups excluding carboxylic acids is 1. The summed E-state index contributed by atoms with van der Waals surface area (Å²) in [7, 11) is 0. The highest BCUT2D eigenvalue weighted by molar-refractivity contribution is 7.99. The second-order valence-electron chi connectivity index (χ2n) is 3.51. The molecule has 0 aliphatic heterocycles. The zero-order valence-electron chi connectivity index (χ0n) is 9.31. The Labute approximate surface area is 102 Å². The van der Waals surface area contributed by atoms with Crippen LogP contribution in [0.2, 0.25) is 0 Å². The molecule has 16 heavy (non-hydrogen) atoms. The Morgan fingerprint density at radius 1 is 1.50 bits per heavy atom. The van der Waals surface area contributed by atoms with Crippen molar-refractivity contribution in [3.8, 4) is 0 Å². The molecule has 0 aliphatic rings. The maximum atomic E-state index is 11.2. The minimum Gasteiger partial charge on any atom is -0.476 e.